The van der Waals surface area contributed by atoms with Crippen molar-refractivity contribution in [2.45, 2.75) is 13.3 Å². The van der Waals surface area contributed by atoms with Crippen molar-refractivity contribution in [1.29, 1.82) is 0 Å². The van der Waals surface area contributed by atoms with E-state index in [2.05, 4.69) is 5.16 Å². The number of fused-ring (bicyclic) bond motifs is 1. The highest BCUT2D eigenvalue weighted by molar-refractivity contribution is 5.96. The maximum absolute atomic E-state index is 12.5. The van der Waals surface area contributed by atoms with Gasteiger partial charge >= 0.3 is 0 Å². The summed E-state index contributed by atoms with van der Waals surface area (Å²) >= 11 is 0. The van der Waals surface area contributed by atoms with Crippen LogP contribution in [0.2, 0.25) is 0 Å². The van der Waals surface area contributed by atoms with Gasteiger partial charge in [-0.15, -0.1) is 0 Å². The van der Waals surface area contributed by atoms with Crippen LogP contribution in [0, 0.1) is 0 Å². The lowest BCUT2D eigenvalue weighted by molar-refractivity contribution is -0.118. The van der Waals surface area contributed by atoms with Crippen LogP contribution in [0.1, 0.15) is 12.6 Å². The molecule has 2 aromatic carbocycles. The molecule has 1 aromatic heterocycles. The number of likely N-dealkylation sites (N-methyl/N-ethyl adjacent to an activating group) is 1. The van der Waals surface area contributed by atoms with Crippen LogP contribution < -0.4 is 4.90 Å². The van der Waals surface area contributed by atoms with Gasteiger partial charge in [-0.1, -0.05) is 35.5 Å². The first-order valence-corrected chi connectivity index (χ1v) is 6.98. The molecule has 3 rings (SSSR count). The van der Waals surface area contributed by atoms with Gasteiger partial charge in [-0.25, -0.2) is 0 Å². The lowest BCUT2D eigenvalue weighted by atomic mass is 10.1. The quantitative estimate of drug-likeness (QED) is 0.735. The lowest BCUT2D eigenvalue weighted by Gasteiger charge is -2.20. The fourth-order valence-corrected chi connectivity index (χ4v) is 2.42. The number of amides is 1. The molecule has 0 radical (unpaired) electrons. The van der Waals surface area contributed by atoms with Crippen LogP contribution in [0.5, 0.6) is 0 Å². The van der Waals surface area contributed by atoms with E-state index < -0.39 is 0 Å². The molecule has 0 N–H and O–H groups in total. The van der Waals surface area contributed by atoms with Gasteiger partial charge in [-0.3, -0.25) is 4.79 Å². The predicted molar refractivity (Wildman–Crippen MR) is 82.2 cm³/mol. The highest BCUT2D eigenvalue weighted by atomic mass is 16.5. The zero-order chi connectivity index (χ0) is 14.7. The number of anilines is 1. The summed E-state index contributed by atoms with van der Waals surface area (Å²) in [6, 6.07) is 17.2. The second-order valence-corrected chi connectivity index (χ2v) is 4.78. The van der Waals surface area contributed by atoms with E-state index in [0.717, 1.165) is 11.1 Å². The zero-order valence-corrected chi connectivity index (χ0v) is 11.8. The second-order valence-electron chi connectivity index (χ2n) is 4.78. The third-order valence-electron chi connectivity index (χ3n) is 3.46. The number of hydrogen-bond donors (Lipinski definition) is 0. The van der Waals surface area contributed by atoms with Gasteiger partial charge in [0, 0.05) is 17.6 Å². The average Bonchev–Trinajstić information content (AvgIpc) is 2.92. The minimum atomic E-state index is 0.0164. The molecule has 4 nitrogen and oxygen atoms in total. The highest BCUT2D eigenvalue weighted by Gasteiger charge is 2.17. The van der Waals surface area contributed by atoms with E-state index in [-0.39, 0.29) is 12.3 Å². The Morgan fingerprint density at radius 2 is 1.81 bits per heavy atom. The van der Waals surface area contributed by atoms with Gasteiger partial charge in [0.1, 0.15) is 5.69 Å². The molecule has 21 heavy (non-hydrogen) atoms. The molecule has 0 bridgehead atoms. The number of aromatic nitrogens is 1. The Morgan fingerprint density at radius 3 is 2.57 bits per heavy atom. The van der Waals surface area contributed by atoms with Crippen LogP contribution in [0.25, 0.3) is 11.0 Å². The summed E-state index contributed by atoms with van der Waals surface area (Å²) in [7, 11) is 0. The van der Waals surface area contributed by atoms with Crippen LogP contribution >= 0.6 is 0 Å². The van der Waals surface area contributed by atoms with E-state index in [9.17, 15) is 4.79 Å². The molecule has 3 aromatic rings. The van der Waals surface area contributed by atoms with Gasteiger partial charge in [-0.2, -0.15) is 0 Å². The largest absolute Gasteiger partial charge is 0.356 e. The standard InChI is InChI=1S/C17H16N2O2/c1-2-19(13-8-4-3-5-9-13)17(20)12-15-14-10-6-7-11-16(14)21-18-15/h3-11H,2,12H2,1H3. The maximum atomic E-state index is 12.5. The summed E-state index contributed by atoms with van der Waals surface area (Å²) in [5, 5.41) is 4.92. The van der Waals surface area contributed by atoms with Crippen molar-refractivity contribution >= 4 is 22.6 Å². The summed E-state index contributed by atoms with van der Waals surface area (Å²) in [6.45, 7) is 2.59. The van der Waals surface area contributed by atoms with Crippen molar-refractivity contribution in [3.05, 3.63) is 60.3 Å². The minimum absolute atomic E-state index is 0.0164. The van der Waals surface area contributed by atoms with Gasteiger partial charge in [-0.05, 0) is 31.2 Å². The third-order valence-corrected chi connectivity index (χ3v) is 3.46. The Balaban J connectivity index is 1.85. The monoisotopic (exact) mass is 280 g/mol. The first kappa shape index (κ1) is 13.4. The van der Waals surface area contributed by atoms with Crippen molar-refractivity contribution in [2.75, 3.05) is 11.4 Å². The normalized spacial score (nSPS) is 10.7. The van der Waals surface area contributed by atoms with Crippen LogP contribution in [0.3, 0.4) is 0 Å². The fourth-order valence-electron chi connectivity index (χ4n) is 2.42. The van der Waals surface area contributed by atoms with Crippen LogP contribution in [-0.4, -0.2) is 17.6 Å². The molecule has 106 valence electrons. The van der Waals surface area contributed by atoms with Crippen molar-refractivity contribution in [3.63, 3.8) is 0 Å². The minimum Gasteiger partial charge on any atom is -0.356 e. The number of carbonyl (C=O) groups excluding carboxylic acids is 1. The Hall–Kier alpha value is -2.62. The molecule has 0 spiro atoms. The average molecular weight is 280 g/mol. The Labute approximate surface area is 123 Å². The smallest absolute Gasteiger partial charge is 0.233 e. The lowest BCUT2D eigenvalue weighted by Crippen LogP contribution is -2.32. The van der Waals surface area contributed by atoms with E-state index in [4.69, 9.17) is 4.52 Å². The third kappa shape index (κ3) is 2.65. The van der Waals surface area contributed by atoms with Crippen molar-refractivity contribution in [1.82, 2.24) is 5.16 Å². The van der Waals surface area contributed by atoms with Gasteiger partial charge in [0.25, 0.3) is 0 Å². The highest BCUT2D eigenvalue weighted by Crippen LogP contribution is 2.20. The van der Waals surface area contributed by atoms with Crippen molar-refractivity contribution in [3.8, 4) is 0 Å². The number of benzene rings is 2. The molecule has 0 fully saturated rings. The molecule has 0 saturated heterocycles. The van der Waals surface area contributed by atoms with E-state index in [1.165, 1.54) is 0 Å². The molecular formula is C17H16N2O2. The molecule has 0 saturated carbocycles. The van der Waals surface area contributed by atoms with Gasteiger partial charge in [0.05, 0.1) is 6.42 Å². The van der Waals surface area contributed by atoms with Gasteiger partial charge in [0.2, 0.25) is 5.91 Å². The molecular weight excluding hydrogens is 264 g/mol. The molecule has 4 heteroatoms. The van der Waals surface area contributed by atoms with Crippen molar-refractivity contribution < 1.29 is 9.32 Å². The molecule has 1 heterocycles. The summed E-state index contributed by atoms with van der Waals surface area (Å²) in [6.07, 6.45) is 0.236. The molecule has 0 atom stereocenters. The Bertz CT molecular complexity index is 750. The second kappa shape index (κ2) is 5.79. The topological polar surface area (TPSA) is 46.3 Å². The molecule has 0 aliphatic heterocycles. The number of rotatable bonds is 4. The summed E-state index contributed by atoms with van der Waals surface area (Å²) < 4.78 is 5.25. The SMILES string of the molecule is CCN(C(=O)Cc1noc2ccccc12)c1ccccc1. The number of nitrogens with zero attached hydrogens (tertiary/aromatic N) is 2. The summed E-state index contributed by atoms with van der Waals surface area (Å²) in [5.74, 6) is 0.0164. The van der Waals surface area contributed by atoms with Gasteiger partial charge < -0.3 is 9.42 Å². The number of hydrogen-bond acceptors (Lipinski definition) is 3. The summed E-state index contributed by atoms with van der Waals surface area (Å²) in [4.78, 5) is 14.3. The van der Waals surface area contributed by atoms with Crippen molar-refractivity contribution in [2.24, 2.45) is 0 Å². The molecule has 0 aliphatic carbocycles. The first-order chi connectivity index (χ1) is 10.3. The Morgan fingerprint density at radius 1 is 1.10 bits per heavy atom. The van der Waals surface area contributed by atoms with E-state index in [0.29, 0.717) is 17.8 Å². The number of para-hydroxylation sites is 2. The van der Waals surface area contributed by atoms with Crippen LogP contribution in [0.15, 0.2) is 59.1 Å². The molecule has 0 aliphatic rings. The van der Waals surface area contributed by atoms with E-state index in [1.54, 1.807) is 4.90 Å². The first-order valence-electron chi connectivity index (χ1n) is 6.98. The van der Waals surface area contributed by atoms with E-state index >= 15 is 0 Å². The molecule has 0 unspecified atom stereocenters. The molecule has 1 amide bonds. The Kier molecular flexibility index (Phi) is 3.69. The summed E-state index contributed by atoms with van der Waals surface area (Å²) in [5.41, 5.74) is 2.30. The predicted octanol–water partition coefficient (Wildman–Crippen LogP) is 3.42. The van der Waals surface area contributed by atoms with Crippen LogP contribution in [0.4, 0.5) is 5.69 Å². The number of carbonyl (C=O) groups is 1. The maximum Gasteiger partial charge on any atom is 0.233 e. The van der Waals surface area contributed by atoms with E-state index in [1.807, 2.05) is 61.5 Å². The van der Waals surface area contributed by atoms with Crippen LogP contribution in [-0.2, 0) is 11.2 Å². The zero-order valence-electron chi connectivity index (χ0n) is 11.8. The fraction of sp³-hybridized carbons (Fsp3) is 0.176. The van der Waals surface area contributed by atoms with Gasteiger partial charge in [0.15, 0.2) is 5.58 Å².